The van der Waals surface area contributed by atoms with Gasteiger partial charge in [-0.25, -0.2) is 13.2 Å². The number of Topliss-reactive ketones (excluding diaryl/α,β-unsaturated/α-hetero) is 1. The van der Waals surface area contributed by atoms with Crippen molar-refractivity contribution in [3.63, 3.8) is 0 Å². The van der Waals surface area contributed by atoms with Crippen LogP contribution in [0.5, 0.6) is 0 Å². The van der Waals surface area contributed by atoms with Gasteiger partial charge in [0, 0.05) is 6.54 Å². The molecule has 0 aromatic heterocycles. The van der Waals surface area contributed by atoms with Crippen molar-refractivity contribution < 1.29 is 22.7 Å². The third-order valence-corrected chi connectivity index (χ3v) is 6.49. The van der Waals surface area contributed by atoms with E-state index >= 15 is 0 Å². The van der Waals surface area contributed by atoms with Crippen molar-refractivity contribution in [1.29, 1.82) is 0 Å². The van der Waals surface area contributed by atoms with Gasteiger partial charge in [-0.05, 0) is 25.5 Å². The molecule has 2 atom stereocenters. The fourth-order valence-electron chi connectivity index (χ4n) is 2.77. The molecule has 0 amide bonds. The zero-order chi connectivity index (χ0) is 17.9. The molecule has 0 aliphatic carbocycles. The van der Waals surface area contributed by atoms with E-state index in [1.807, 2.05) is 0 Å². The number of hydrogen-bond donors (Lipinski definition) is 0. The van der Waals surface area contributed by atoms with Crippen LogP contribution in [-0.4, -0.2) is 55.0 Å². The Labute approximate surface area is 146 Å². The Kier molecular flexibility index (Phi) is 5.71. The zero-order valence-electron chi connectivity index (χ0n) is 13.5. The largest absolute Gasteiger partial charge is 0.467 e. The maximum absolute atomic E-state index is 12.8. The molecule has 1 heterocycles. The lowest BCUT2D eigenvalue weighted by Crippen LogP contribution is -2.41. The van der Waals surface area contributed by atoms with Crippen molar-refractivity contribution in [3.8, 4) is 0 Å². The molecule has 0 bridgehead atoms. The summed E-state index contributed by atoms with van der Waals surface area (Å²) in [4.78, 5) is 25.3. The average Bonchev–Trinajstić information content (AvgIpc) is 3.00. The van der Waals surface area contributed by atoms with E-state index in [2.05, 4.69) is 0 Å². The molecule has 1 aromatic rings. The van der Waals surface area contributed by atoms with Crippen LogP contribution in [0.2, 0.25) is 0 Å². The Morgan fingerprint density at radius 3 is 2.46 bits per heavy atom. The summed E-state index contributed by atoms with van der Waals surface area (Å²) in [6.07, 6.45) is 0.0862. The number of esters is 1. The van der Waals surface area contributed by atoms with E-state index in [1.165, 1.54) is 31.1 Å². The van der Waals surface area contributed by atoms with Crippen molar-refractivity contribution >= 4 is 38.8 Å². The molecule has 0 radical (unpaired) electrons. The molecule has 0 N–H and O–H groups in total. The van der Waals surface area contributed by atoms with Crippen molar-refractivity contribution in [1.82, 2.24) is 4.90 Å². The number of carbonyl (C=O) groups excluding carboxylic acids is 2. The van der Waals surface area contributed by atoms with Crippen molar-refractivity contribution in [2.75, 3.05) is 13.7 Å². The number of thiocarbonyl (C=S) groups is 1. The molecule has 1 fully saturated rings. The van der Waals surface area contributed by atoms with Gasteiger partial charge in [0.25, 0.3) is 0 Å². The summed E-state index contributed by atoms with van der Waals surface area (Å²) in [7, 11) is -2.36. The maximum atomic E-state index is 12.8. The monoisotopic (exact) mass is 369 g/mol. The molecule has 24 heavy (non-hydrogen) atoms. The van der Waals surface area contributed by atoms with Crippen LogP contribution in [0.1, 0.15) is 19.8 Å². The Morgan fingerprint density at radius 2 is 1.92 bits per heavy atom. The number of benzene rings is 1. The van der Waals surface area contributed by atoms with E-state index in [9.17, 15) is 18.0 Å². The number of carbonyl (C=O) groups is 2. The number of methoxy groups -OCH3 is 1. The highest BCUT2D eigenvalue weighted by molar-refractivity contribution is 7.92. The molecule has 8 heteroatoms. The molecule has 1 aliphatic heterocycles. The lowest BCUT2D eigenvalue weighted by atomic mass is 10.2. The average molecular weight is 369 g/mol. The van der Waals surface area contributed by atoms with Gasteiger partial charge in [-0.1, -0.05) is 30.4 Å². The number of sulfone groups is 1. The molecule has 1 aromatic carbocycles. The smallest absolute Gasteiger partial charge is 0.328 e. The van der Waals surface area contributed by atoms with Crippen molar-refractivity contribution in [2.45, 2.75) is 36.0 Å². The fraction of sp³-hybridized carbons (Fsp3) is 0.438. The third kappa shape index (κ3) is 3.81. The van der Waals surface area contributed by atoms with Gasteiger partial charge < -0.3 is 9.64 Å². The predicted molar refractivity (Wildman–Crippen MR) is 92.4 cm³/mol. The van der Waals surface area contributed by atoms with Gasteiger partial charge in [0.2, 0.25) is 0 Å². The Balaban J connectivity index is 2.30. The highest BCUT2D eigenvalue weighted by Gasteiger charge is 2.44. The SMILES string of the molecule is COC(=O)[C@@H]1C[C@@H](S(=O)(=O)c2ccccc2)CN1C(=S)CC(C)=O. The van der Waals surface area contributed by atoms with Crippen molar-refractivity contribution in [3.05, 3.63) is 30.3 Å². The Bertz CT molecular complexity index is 745. The first-order valence-corrected chi connectivity index (χ1v) is 9.38. The fourth-order valence-corrected chi connectivity index (χ4v) is 4.89. The van der Waals surface area contributed by atoms with Gasteiger partial charge >= 0.3 is 5.97 Å². The summed E-state index contributed by atoms with van der Waals surface area (Å²) in [5.74, 6) is -0.690. The Morgan fingerprint density at radius 1 is 1.29 bits per heavy atom. The first-order chi connectivity index (χ1) is 11.3. The van der Waals surface area contributed by atoms with E-state index < -0.39 is 27.1 Å². The standard InChI is InChI=1S/C16H19NO5S2/c1-11(18)8-15(23)17-10-13(9-14(17)16(19)22-2)24(20,21)12-6-4-3-5-7-12/h3-7,13-14H,8-10H2,1-2H3/t13-,14+/m1/s1. The van der Waals surface area contributed by atoms with E-state index in [4.69, 9.17) is 17.0 Å². The minimum absolute atomic E-state index is 0.000925. The second-order valence-corrected chi connectivity index (χ2v) is 8.38. The summed E-state index contributed by atoms with van der Waals surface area (Å²) in [6, 6.07) is 7.30. The molecular formula is C16H19NO5S2. The van der Waals surface area contributed by atoms with Gasteiger partial charge in [0.1, 0.15) is 11.8 Å². The summed E-state index contributed by atoms with van der Waals surface area (Å²) in [5, 5.41) is -0.783. The number of hydrogen-bond acceptors (Lipinski definition) is 6. The highest BCUT2D eigenvalue weighted by Crippen LogP contribution is 2.29. The van der Waals surface area contributed by atoms with E-state index in [0.717, 1.165) is 0 Å². The second kappa shape index (κ2) is 7.40. The van der Waals surface area contributed by atoms with Gasteiger partial charge in [0.15, 0.2) is 9.84 Å². The summed E-state index contributed by atoms with van der Waals surface area (Å²) >= 11 is 5.23. The maximum Gasteiger partial charge on any atom is 0.328 e. The predicted octanol–water partition coefficient (Wildman–Crippen LogP) is 1.38. The van der Waals surface area contributed by atoms with Gasteiger partial charge in [-0.15, -0.1) is 0 Å². The summed E-state index contributed by atoms with van der Waals surface area (Å²) < 4.78 is 30.4. The van der Waals surface area contributed by atoms with Crippen LogP contribution in [-0.2, 0) is 24.2 Å². The number of ketones is 1. The number of nitrogens with zero attached hydrogens (tertiary/aromatic N) is 1. The molecule has 0 saturated carbocycles. The molecular weight excluding hydrogens is 350 g/mol. The first-order valence-electron chi connectivity index (χ1n) is 7.43. The van der Waals surface area contributed by atoms with E-state index in [1.54, 1.807) is 18.2 Å². The summed E-state index contributed by atoms with van der Waals surface area (Å²) in [6.45, 7) is 1.47. The normalized spacial score (nSPS) is 20.7. The van der Waals surface area contributed by atoms with Crippen LogP contribution in [0.15, 0.2) is 35.2 Å². The second-order valence-electron chi connectivity index (χ2n) is 5.68. The van der Waals surface area contributed by atoms with E-state index in [-0.39, 0.29) is 35.1 Å². The molecule has 2 rings (SSSR count). The lowest BCUT2D eigenvalue weighted by molar-refractivity contribution is -0.144. The zero-order valence-corrected chi connectivity index (χ0v) is 15.1. The van der Waals surface area contributed by atoms with Gasteiger partial charge in [-0.3, -0.25) is 4.79 Å². The summed E-state index contributed by atoms with van der Waals surface area (Å²) in [5.41, 5.74) is 0. The molecule has 0 unspecified atom stereocenters. The van der Waals surface area contributed by atoms with Crippen LogP contribution in [0.4, 0.5) is 0 Å². The molecule has 1 saturated heterocycles. The van der Waals surface area contributed by atoms with Crippen LogP contribution in [0.3, 0.4) is 0 Å². The van der Waals surface area contributed by atoms with Crippen LogP contribution in [0, 0.1) is 0 Å². The molecule has 0 spiro atoms. The van der Waals surface area contributed by atoms with Gasteiger partial charge in [0.05, 0.1) is 28.7 Å². The minimum atomic E-state index is -3.60. The minimum Gasteiger partial charge on any atom is -0.467 e. The number of rotatable bonds is 5. The van der Waals surface area contributed by atoms with Crippen LogP contribution < -0.4 is 0 Å². The Hall–Kier alpha value is -1.80. The van der Waals surface area contributed by atoms with Crippen LogP contribution in [0.25, 0.3) is 0 Å². The van der Waals surface area contributed by atoms with Crippen molar-refractivity contribution in [2.24, 2.45) is 0 Å². The molecule has 6 nitrogen and oxygen atoms in total. The topological polar surface area (TPSA) is 80.8 Å². The van der Waals surface area contributed by atoms with Gasteiger partial charge in [-0.2, -0.15) is 0 Å². The molecule has 1 aliphatic rings. The quantitative estimate of drug-likeness (QED) is 0.573. The molecule has 130 valence electrons. The van der Waals surface area contributed by atoms with E-state index in [0.29, 0.717) is 0 Å². The number of likely N-dealkylation sites (tertiary alicyclic amines) is 1. The number of ether oxygens (including phenoxy) is 1. The highest BCUT2D eigenvalue weighted by atomic mass is 32.2. The lowest BCUT2D eigenvalue weighted by Gasteiger charge is -2.24. The van der Waals surface area contributed by atoms with Crippen LogP contribution >= 0.6 is 12.2 Å². The third-order valence-electron chi connectivity index (χ3n) is 3.97. The first kappa shape index (κ1) is 18.5.